The predicted molar refractivity (Wildman–Crippen MR) is 80.1 cm³/mol. The first kappa shape index (κ1) is 14.9. The third kappa shape index (κ3) is 2.96. The Hall–Kier alpha value is -1.55. The summed E-state index contributed by atoms with van der Waals surface area (Å²) in [7, 11) is 1.69. The van der Waals surface area contributed by atoms with Gasteiger partial charge in [-0.1, -0.05) is 26.0 Å². The first-order chi connectivity index (χ1) is 9.54. The van der Waals surface area contributed by atoms with Crippen molar-refractivity contribution >= 4 is 5.91 Å². The van der Waals surface area contributed by atoms with E-state index in [-0.39, 0.29) is 11.9 Å². The summed E-state index contributed by atoms with van der Waals surface area (Å²) < 4.78 is 5.53. The quantitative estimate of drug-likeness (QED) is 0.917. The van der Waals surface area contributed by atoms with Gasteiger partial charge in [-0.25, -0.2) is 0 Å². The van der Waals surface area contributed by atoms with E-state index < -0.39 is 0 Å². The van der Waals surface area contributed by atoms with Crippen LogP contribution in [-0.4, -0.2) is 37.6 Å². The lowest BCUT2D eigenvalue weighted by atomic mass is 9.97. The smallest absolute Gasteiger partial charge is 0.237 e. The molecule has 1 fully saturated rings. The molecule has 1 unspecified atom stereocenters. The Morgan fingerprint density at radius 1 is 1.30 bits per heavy atom. The predicted octanol–water partition coefficient (Wildman–Crippen LogP) is 2.31. The Morgan fingerprint density at radius 3 is 2.65 bits per heavy atom. The van der Waals surface area contributed by atoms with E-state index in [1.165, 1.54) is 5.56 Å². The van der Waals surface area contributed by atoms with Gasteiger partial charge in [-0.15, -0.1) is 0 Å². The molecule has 0 saturated carbocycles. The Kier molecular flexibility index (Phi) is 4.65. The highest BCUT2D eigenvalue weighted by Crippen LogP contribution is 2.32. The highest BCUT2D eigenvalue weighted by atomic mass is 16.5. The first-order valence-electron chi connectivity index (χ1n) is 7.22. The van der Waals surface area contributed by atoms with Crippen molar-refractivity contribution in [2.24, 2.45) is 0 Å². The minimum absolute atomic E-state index is 0.0424. The van der Waals surface area contributed by atoms with Crippen molar-refractivity contribution in [3.63, 3.8) is 0 Å². The number of methoxy groups -OCH3 is 1. The second-order valence-corrected chi connectivity index (χ2v) is 5.60. The van der Waals surface area contributed by atoms with Crippen LogP contribution in [0.2, 0.25) is 0 Å². The van der Waals surface area contributed by atoms with Crippen molar-refractivity contribution in [2.45, 2.75) is 32.7 Å². The fourth-order valence-electron chi connectivity index (χ4n) is 2.63. The molecule has 0 bridgehead atoms. The summed E-state index contributed by atoms with van der Waals surface area (Å²) in [6.07, 6.45) is 0. The summed E-state index contributed by atoms with van der Waals surface area (Å²) in [5.74, 6) is 1.49. The number of carbonyl (C=O) groups excluding carboxylic acids is 1. The Bertz CT molecular complexity index is 485. The van der Waals surface area contributed by atoms with Crippen LogP contribution in [0.15, 0.2) is 18.2 Å². The van der Waals surface area contributed by atoms with Crippen molar-refractivity contribution in [1.82, 2.24) is 10.2 Å². The second kappa shape index (κ2) is 6.27. The number of hydrogen-bond acceptors (Lipinski definition) is 3. The van der Waals surface area contributed by atoms with Crippen molar-refractivity contribution in [3.8, 4) is 5.75 Å². The van der Waals surface area contributed by atoms with Gasteiger partial charge in [-0.2, -0.15) is 0 Å². The molecule has 110 valence electrons. The van der Waals surface area contributed by atoms with Gasteiger partial charge in [-0.3, -0.25) is 4.79 Å². The molecule has 0 aromatic heterocycles. The summed E-state index contributed by atoms with van der Waals surface area (Å²) >= 11 is 0. The molecule has 4 nitrogen and oxygen atoms in total. The number of nitrogens with one attached hydrogen (secondary N) is 1. The van der Waals surface area contributed by atoms with Crippen LogP contribution in [0.5, 0.6) is 5.75 Å². The van der Waals surface area contributed by atoms with Crippen LogP contribution in [0.1, 0.15) is 43.9 Å². The van der Waals surface area contributed by atoms with Gasteiger partial charge in [0.1, 0.15) is 5.75 Å². The maximum Gasteiger partial charge on any atom is 0.237 e. The molecule has 1 aromatic rings. The van der Waals surface area contributed by atoms with Gasteiger partial charge in [0.25, 0.3) is 0 Å². The molecule has 1 saturated heterocycles. The van der Waals surface area contributed by atoms with Crippen molar-refractivity contribution in [1.29, 1.82) is 0 Å². The molecule has 0 spiro atoms. The van der Waals surface area contributed by atoms with Gasteiger partial charge in [0.15, 0.2) is 0 Å². The van der Waals surface area contributed by atoms with E-state index in [1.807, 2.05) is 4.90 Å². The Balaban J connectivity index is 2.28. The summed E-state index contributed by atoms with van der Waals surface area (Å²) in [5, 5.41) is 3.10. The van der Waals surface area contributed by atoms with Crippen LogP contribution >= 0.6 is 0 Å². The number of rotatable bonds is 4. The average molecular weight is 276 g/mol. The molecule has 1 aliphatic rings. The topological polar surface area (TPSA) is 41.6 Å². The number of ether oxygens (including phenoxy) is 1. The number of hydrogen-bond donors (Lipinski definition) is 1. The lowest BCUT2D eigenvalue weighted by Crippen LogP contribution is -2.48. The lowest BCUT2D eigenvalue weighted by molar-refractivity contribution is -0.134. The van der Waals surface area contributed by atoms with Crippen molar-refractivity contribution < 1.29 is 9.53 Å². The number of nitrogens with zero attached hydrogens (tertiary/aromatic N) is 1. The number of amides is 1. The molecular weight excluding hydrogens is 252 g/mol. The van der Waals surface area contributed by atoms with Crippen LogP contribution in [0.4, 0.5) is 0 Å². The van der Waals surface area contributed by atoms with Crippen molar-refractivity contribution in [3.05, 3.63) is 29.3 Å². The van der Waals surface area contributed by atoms with Gasteiger partial charge in [0, 0.05) is 18.7 Å². The molecule has 1 aromatic carbocycles. The van der Waals surface area contributed by atoms with E-state index in [4.69, 9.17) is 4.74 Å². The van der Waals surface area contributed by atoms with Crippen LogP contribution in [0, 0.1) is 0 Å². The zero-order valence-electron chi connectivity index (χ0n) is 12.8. The lowest BCUT2D eigenvalue weighted by Gasteiger charge is -2.34. The number of carbonyl (C=O) groups is 1. The van der Waals surface area contributed by atoms with Crippen LogP contribution in [0.25, 0.3) is 0 Å². The fourth-order valence-corrected chi connectivity index (χ4v) is 2.63. The molecule has 20 heavy (non-hydrogen) atoms. The van der Waals surface area contributed by atoms with Gasteiger partial charge in [0.2, 0.25) is 5.91 Å². The summed E-state index contributed by atoms with van der Waals surface area (Å²) in [5.41, 5.74) is 2.33. The maximum atomic E-state index is 12.0. The minimum atomic E-state index is 0.0424. The molecule has 1 heterocycles. The van der Waals surface area contributed by atoms with Gasteiger partial charge in [0.05, 0.1) is 19.7 Å². The molecule has 4 heteroatoms. The molecule has 1 aliphatic heterocycles. The second-order valence-electron chi connectivity index (χ2n) is 5.60. The van der Waals surface area contributed by atoms with E-state index in [9.17, 15) is 4.79 Å². The Morgan fingerprint density at radius 2 is 2.05 bits per heavy atom. The molecule has 2 rings (SSSR count). The highest BCUT2D eigenvalue weighted by molar-refractivity contribution is 5.79. The molecule has 0 radical (unpaired) electrons. The van der Waals surface area contributed by atoms with Crippen LogP contribution < -0.4 is 10.1 Å². The minimum Gasteiger partial charge on any atom is -0.496 e. The van der Waals surface area contributed by atoms with E-state index in [1.54, 1.807) is 7.11 Å². The zero-order valence-corrected chi connectivity index (χ0v) is 12.8. The summed E-state index contributed by atoms with van der Waals surface area (Å²) in [4.78, 5) is 13.9. The molecule has 1 N–H and O–H groups in total. The van der Waals surface area contributed by atoms with Gasteiger partial charge < -0.3 is 15.0 Å². The summed E-state index contributed by atoms with van der Waals surface area (Å²) in [6, 6.07) is 6.35. The first-order valence-corrected chi connectivity index (χ1v) is 7.22. The zero-order chi connectivity index (χ0) is 14.7. The Labute approximate surface area is 121 Å². The average Bonchev–Trinajstić information content (AvgIpc) is 2.46. The molecule has 1 amide bonds. The maximum absolute atomic E-state index is 12.0. The monoisotopic (exact) mass is 276 g/mol. The van der Waals surface area contributed by atoms with Crippen LogP contribution in [0.3, 0.4) is 0 Å². The normalized spacial score (nSPS) is 17.4. The van der Waals surface area contributed by atoms with Crippen LogP contribution in [-0.2, 0) is 4.79 Å². The standard InChI is InChI=1S/C16H24N2O2/c1-11(2)13-5-6-14(15(9-13)20-4)12(3)18-8-7-17-10-16(18)19/h5-6,9,11-12,17H,7-8,10H2,1-4H3. The fraction of sp³-hybridized carbons (Fsp3) is 0.562. The van der Waals surface area contributed by atoms with E-state index >= 15 is 0 Å². The van der Waals surface area contributed by atoms with E-state index in [0.717, 1.165) is 24.4 Å². The molecule has 0 aliphatic carbocycles. The molecular formula is C16H24N2O2. The van der Waals surface area contributed by atoms with Gasteiger partial charge >= 0.3 is 0 Å². The largest absolute Gasteiger partial charge is 0.496 e. The third-order valence-electron chi connectivity index (χ3n) is 3.97. The molecule has 1 atom stereocenters. The number of benzene rings is 1. The highest BCUT2D eigenvalue weighted by Gasteiger charge is 2.26. The van der Waals surface area contributed by atoms with Gasteiger partial charge in [-0.05, 0) is 24.5 Å². The van der Waals surface area contributed by atoms with E-state index in [0.29, 0.717) is 12.5 Å². The number of piperazine rings is 1. The summed E-state index contributed by atoms with van der Waals surface area (Å²) in [6.45, 7) is 8.42. The third-order valence-corrected chi connectivity index (χ3v) is 3.97. The van der Waals surface area contributed by atoms with Crippen molar-refractivity contribution in [2.75, 3.05) is 26.7 Å². The SMILES string of the molecule is COc1cc(C(C)C)ccc1C(C)N1CCNCC1=O. The van der Waals surface area contributed by atoms with E-state index in [2.05, 4.69) is 44.3 Å².